The van der Waals surface area contributed by atoms with Crippen molar-refractivity contribution in [1.82, 2.24) is 9.55 Å². The van der Waals surface area contributed by atoms with Crippen molar-refractivity contribution >= 4 is 5.97 Å². The molecular formula is C14H22N2O2. The number of aliphatic carboxylic acids is 1. The SMILES string of the molecule is CCC(CC)c1nc2c(n1C)CCCC2C(=O)O. The van der Waals surface area contributed by atoms with Crippen molar-refractivity contribution in [2.45, 2.75) is 57.8 Å². The predicted molar refractivity (Wildman–Crippen MR) is 69.8 cm³/mol. The minimum atomic E-state index is -0.731. The van der Waals surface area contributed by atoms with Gasteiger partial charge in [-0.2, -0.15) is 0 Å². The number of aromatic nitrogens is 2. The van der Waals surface area contributed by atoms with E-state index in [1.54, 1.807) is 0 Å². The first-order chi connectivity index (χ1) is 8.60. The quantitative estimate of drug-likeness (QED) is 0.894. The fourth-order valence-electron chi connectivity index (χ4n) is 3.02. The van der Waals surface area contributed by atoms with Gasteiger partial charge in [-0.1, -0.05) is 13.8 Å². The van der Waals surface area contributed by atoms with Crippen molar-refractivity contribution in [2.24, 2.45) is 7.05 Å². The molecular weight excluding hydrogens is 228 g/mol. The Morgan fingerprint density at radius 3 is 2.72 bits per heavy atom. The van der Waals surface area contributed by atoms with Crippen molar-refractivity contribution in [1.29, 1.82) is 0 Å². The summed E-state index contributed by atoms with van der Waals surface area (Å²) in [5.74, 6) is 0.376. The van der Waals surface area contributed by atoms with Gasteiger partial charge < -0.3 is 9.67 Å². The van der Waals surface area contributed by atoms with Crippen LogP contribution in [0.25, 0.3) is 0 Å². The fraction of sp³-hybridized carbons (Fsp3) is 0.714. The molecule has 0 aliphatic heterocycles. The first-order valence-corrected chi connectivity index (χ1v) is 6.88. The van der Waals surface area contributed by atoms with Crippen molar-refractivity contribution in [3.8, 4) is 0 Å². The molecule has 2 rings (SSSR count). The van der Waals surface area contributed by atoms with Gasteiger partial charge in [-0.3, -0.25) is 4.79 Å². The lowest BCUT2D eigenvalue weighted by atomic mass is 9.90. The minimum absolute atomic E-state index is 0.400. The Hall–Kier alpha value is -1.32. The van der Waals surface area contributed by atoms with Gasteiger partial charge in [0.15, 0.2) is 0 Å². The van der Waals surface area contributed by atoms with Crippen LogP contribution >= 0.6 is 0 Å². The summed E-state index contributed by atoms with van der Waals surface area (Å²) < 4.78 is 2.14. The molecule has 100 valence electrons. The van der Waals surface area contributed by atoms with E-state index in [-0.39, 0.29) is 0 Å². The van der Waals surface area contributed by atoms with E-state index in [9.17, 15) is 9.90 Å². The standard InChI is InChI=1S/C14H22N2O2/c1-4-9(5-2)13-15-12-10(14(17)18)7-6-8-11(12)16(13)3/h9-10H,4-8H2,1-3H3,(H,17,18). The third-order valence-corrected chi connectivity index (χ3v) is 4.16. The molecule has 1 aromatic heterocycles. The molecule has 4 nitrogen and oxygen atoms in total. The smallest absolute Gasteiger partial charge is 0.312 e. The number of rotatable bonds is 4. The second kappa shape index (κ2) is 5.12. The predicted octanol–water partition coefficient (Wildman–Crippen LogP) is 2.83. The number of imidazole rings is 1. The van der Waals surface area contributed by atoms with Crippen LogP contribution in [0, 0.1) is 0 Å². The second-order valence-electron chi connectivity index (χ2n) is 5.16. The van der Waals surface area contributed by atoms with E-state index in [1.807, 2.05) is 7.05 Å². The Morgan fingerprint density at radius 2 is 2.17 bits per heavy atom. The molecule has 1 heterocycles. The van der Waals surface area contributed by atoms with Crippen LogP contribution in [0.4, 0.5) is 0 Å². The summed E-state index contributed by atoms with van der Waals surface area (Å²) in [5.41, 5.74) is 1.95. The van der Waals surface area contributed by atoms with Crippen molar-refractivity contribution < 1.29 is 9.90 Å². The average Bonchev–Trinajstić information content (AvgIpc) is 2.69. The highest BCUT2D eigenvalue weighted by Gasteiger charge is 2.32. The molecule has 18 heavy (non-hydrogen) atoms. The van der Waals surface area contributed by atoms with Gasteiger partial charge in [-0.05, 0) is 32.1 Å². The molecule has 0 saturated heterocycles. The Morgan fingerprint density at radius 1 is 1.50 bits per heavy atom. The van der Waals surface area contributed by atoms with Crippen LogP contribution in [0.5, 0.6) is 0 Å². The van der Waals surface area contributed by atoms with E-state index in [0.29, 0.717) is 5.92 Å². The number of hydrogen-bond donors (Lipinski definition) is 1. The van der Waals surface area contributed by atoms with Crippen LogP contribution in [0.2, 0.25) is 0 Å². The minimum Gasteiger partial charge on any atom is -0.481 e. The number of carbonyl (C=O) groups is 1. The monoisotopic (exact) mass is 250 g/mol. The molecule has 0 amide bonds. The van der Waals surface area contributed by atoms with E-state index in [2.05, 4.69) is 23.4 Å². The lowest BCUT2D eigenvalue weighted by molar-refractivity contribution is -0.139. The van der Waals surface area contributed by atoms with Crippen LogP contribution in [0.3, 0.4) is 0 Å². The van der Waals surface area contributed by atoms with Crippen LogP contribution in [0.15, 0.2) is 0 Å². The summed E-state index contributed by atoms with van der Waals surface area (Å²) in [5, 5.41) is 9.29. The van der Waals surface area contributed by atoms with Crippen molar-refractivity contribution in [3.05, 3.63) is 17.2 Å². The van der Waals surface area contributed by atoms with E-state index in [1.165, 1.54) is 0 Å². The van der Waals surface area contributed by atoms with Gasteiger partial charge in [0.1, 0.15) is 11.7 Å². The van der Waals surface area contributed by atoms with Gasteiger partial charge >= 0.3 is 5.97 Å². The number of carboxylic acid groups (broad SMARTS) is 1. The zero-order chi connectivity index (χ0) is 13.3. The Balaban J connectivity index is 2.45. The Kier molecular flexibility index (Phi) is 3.73. The zero-order valence-corrected chi connectivity index (χ0v) is 11.4. The van der Waals surface area contributed by atoms with E-state index in [0.717, 1.165) is 49.3 Å². The molecule has 0 saturated carbocycles. The molecule has 1 N–H and O–H groups in total. The van der Waals surface area contributed by atoms with Gasteiger partial charge in [-0.25, -0.2) is 4.98 Å². The molecule has 0 spiro atoms. The Labute approximate surface area is 108 Å². The topological polar surface area (TPSA) is 55.1 Å². The maximum Gasteiger partial charge on any atom is 0.312 e. The van der Waals surface area contributed by atoms with Gasteiger partial charge in [0.05, 0.1) is 5.69 Å². The first kappa shape index (κ1) is 13.1. The van der Waals surface area contributed by atoms with Gasteiger partial charge in [0.25, 0.3) is 0 Å². The van der Waals surface area contributed by atoms with Gasteiger partial charge in [0, 0.05) is 18.7 Å². The van der Waals surface area contributed by atoms with Crippen molar-refractivity contribution in [3.63, 3.8) is 0 Å². The summed E-state index contributed by atoms with van der Waals surface area (Å²) in [6, 6.07) is 0. The maximum atomic E-state index is 11.3. The number of carboxylic acids is 1. The third-order valence-electron chi connectivity index (χ3n) is 4.16. The molecule has 0 radical (unpaired) electrons. The summed E-state index contributed by atoms with van der Waals surface area (Å²) in [6.07, 6.45) is 4.74. The molecule has 0 bridgehead atoms. The summed E-state index contributed by atoms with van der Waals surface area (Å²) >= 11 is 0. The van der Waals surface area contributed by atoms with Crippen LogP contribution in [0.1, 0.15) is 68.6 Å². The highest BCUT2D eigenvalue weighted by molar-refractivity contribution is 5.76. The molecule has 1 aliphatic rings. The normalized spacial score (nSPS) is 19.0. The third kappa shape index (κ3) is 2.04. The zero-order valence-electron chi connectivity index (χ0n) is 11.4. The van der Waals surface area contributed by atoms with Crippen LogP contribution in [-0.2, 0) is 18.3 Å². The first-order valence-electron chi connectivity index (χ1n) is 6.88. The molecule has 4 heteroatoms. The number of hydrogen-bond acceptors (Lipinski definition) is 2. The number of fused-ring (bicyclic) bond motifs is 1. The molecule has 1 aromatic rings. The maximum absolute atomic E-state index is 11.3. The lowest BCUT2D eigenvalue weighted by Gasteiger charge is -2.18. The summed E-state index contributed by atoms with van der Waals surface area (Å²) in [4.78, 5) is 16.0. The molecule has 1 atom stereocenters. The highest BCUT2D eigenvalue weighted by Crippen LogP contribution is 2.34. The average molecular weight is 250 g/mol. The van der Waals surface area contributed by atoms with Crippen LogP contribution in [-0.4, -0.2) is 20.6 Å². The molecule has 0 fully saturated rings. The number of nitrogens with zero attached hydrogens (tertiary/aromatic N) is 2. The summed E-state index contributed by atoms with van der Waals surface area (Å²) in [6.45, 7) is 4.33. The molecule has 1 unspecified atom stereocenters. The van der Waals surface area contributed by atoms with Gasteiger partial charge in [0.2, 0.25) is 0 Å². The molecule has 1 aliphatic carbocycles. The van der Waals surface area contributed by atoms with Crippen molar-refractivity contribution in [2.75, 3.05) is 0 Å². The Bertz CT molecular complexity index is 447. The van der Waals surface area contributed by atoms with E-state index in [4.69, 9.17) is 0 Å². The van der Waals surface area contributed by atoms with E-state index < -0.39 is 11.9 Å². The fourth-order valence-corrected chi connectivity index (χ4v) is 3.02. The highest BCUT2D eigenvalue weighted by atomic mass is 16.4. The molecule has 0 aromatic carbocycles. The van der Waals surface area contributed by atoms with Crippen LogP contribution < -0.4 is 0 Å². The summed E-state index contributed by atoms with van der Waals surface area (Å²) in [7, 11) is 2.03. The van der Waals surface area contributed by atoms with E-state index >= 15 is 0 Å². The van der Waals surface area contributed by atoms with Gasteiger partial charge in [-0.15, -0.1) is 0 Å². The largest absolute Gasteiger partial charge is 0.481 e. The lowest BCUT2D eigenvalue weighted by Crippen LogP contribution is -2.18. The second-order valence-corrected chi connectivity index (χ2v) is 5.16.